The van der Waals surface area contributed by atoms with Gasteiger partial charge in [0, 0.05) is 16.9 Å². The number of rotatable bonds is 7. The number of fused-ring (bicyclic) bond motifs is 2. The van der Waals surface area contributed by atoms with Crippen LogP contribution in [0.3, 0.4) is 0 Å². The fourth-order valence-electron chi connectivity index (χ4n) is 4.30. The van der Waals surface area contributed by atoms with Gasteiger partial charge in [0.1, 0.15) is 18.6 Å². The van der Waals surface area contributed by atoms with Gasteiger partial charge in [0.15, 0.2) is 0 Å². The number of hydrogen-bond donors (Lipinski definition) is 2. The van der Waals surface area contributed by atoms with Gasteiger partial charge >= 0.3 is 0 Å². The molecular weight excluding hydrogens is 441 g/mol. The van der Waals surface area contributed by atoms with Crippen molar-refractivity contribution in [2.24, 2.45) is 11.7 Å². The smallest absolute Gasteiger partial charge is 0.240 e. The van der Waals surface area contributed by atoms with Crippen molar-refractivity contribution >= 4 is 27.7 Å². The van der Waals surface area contributed by atoms with Gasteiger partial charge in [0.2, 0.25) is 11.8 Å². The summed E-state index contributed by atoms with van der Waals surface area (Å²) in [6.07, 6.45) is 2.99. The van der Waals surface area contributed by atoms with Gasteiger partial charge in [-0.1, -0.05) is 15.9 Å². The zero-order chi connectivity index (χ0) is 21.3. The average molecular weight is 470 g/mol. The molecule has 0 spiro atoms. The lowest BCUT2D eigenvalue weighted by atomic mass is 9.97. The average Bonchev–Trinajstić information content (AvgIpc) is 3.22. The van der Waals surface area contributed by atoms with Gasteiger partial charge in [-0.05, 0) is 69.7 Å². The van der Waals surface area contributed by atoms with Crippen molar-refractivity contribution in [3.05, 3.63) is 34.1 Å². The lowest BCUT2D eigenvalue weighted by Crippen LogP contribution is -2.56. The molecule has 0 unspecified atom stereocenters. The number of carbonyl (C=O) groups is 2. The Balaban J connectivity index is 1.71. The summed E-state index contributed by atoms with van der Waals surface area (Å²) in [5.74, 6) is -1.12. The summed E-state index contributed by atoms with van der Waals surface area (Å²) in [7, 11) is 0. The van der Waals surface area contributed by atoms with Gasteiger partial charge in [-0.3, -0.25) is 14.5 Å². The van der Waals surface area contributed by atoms with Crippen LogP contribution in [0.15, 0.2) is 22.7 Å². The van der Waals surface area contributed by atoms with Gasteiger partial charge < -0.3 is 15.8 Å². The molecule has 1 aliphatic carbocycles. The SMILES string of the molecule is CC(C)(C)OCN1[C@@H]2CC[C@@H](C2)[C@H]1C(=O)N[C@@H](Cc1cc(Br)ccc1F)C(N)=O. The molecule has 29 heavy (non-hydrogen) atoms. The number of benzene rings is 1. The number of amides is 2. The summed E-state index contributed by atoms with van der Waals surface area (Å²) in [5.41, 5.74) is 5.53. The molecule has 160 valence electrons. The van der Waals surface area contributed by atoms with Crippen LogP contribution in [0.1, 0.15) is 45.6 Å². The van der Waals surface area contributed by atoms with Gasteiger partial charge in [-0.2, -0.15) is 0 Å². The van der Waals surface area contributed by atoms with Crippen molar-refractivity contribution in [3.8, 4) is 0 Å². The van der Waals surface area contributed by atoms with Gasteiger partial charge in [-0.15, -0.1) is 0 Å². The van der Waals surface area contributed by atoms with Crippen molar-refractivity contribution in [1.29, 1.82) is 0 Å². The van der Waals surface area contributed by atoms with E-state index in [0.717, 1.165) is 19.3 Å². The van der Waals surface area contributed by atoms with Crippen LogP contribution in [0.2, 0.25) is 0 Å². The van der Waals surface area contributed by atoms with Gasteiger partial charge in [-0.25, -0.2) is 4.39 Å². The molecule has 1 saturated heterocycles. The van der Waals surface area contributed by atoms with Crippen molar-refractivity contribution in [2.75, 3.05) is 6.73 Å². The van der Waals surface area contributed by atoms with Gasteiger partial charge in [0.05, 0.1) is 11.6 Å². The normalized spacial score (nSPS) is 25.2. The standard InChI is InChI=1S/C21H29BrFN3O3/c1-21(2,3)29-11-26-15-6-4-12(9-15)18(26)20(28)25-17(19(24)27)10-13-8-14(22)5-7-16(13)23/h5,7-8,12,15,17-18H,4,6,9-11H2,1-3H3,(H2,24,27)(H,25,28)/t12-,15+,17-,18-/m0/s1. The van der Waals surface area contributed by atoms with Crippen LogP contribution in [-0.2, 0) is 20.7 Å². The van der Waals surface area contributed by atoms with E-state index in [0.29, 0.717) is 22.8 Å². The zero-order valence-corrected chi connectivity index (χ0v) is 18.7. The molecule has 2 bridgehead atoms. The van der Waals surface area contributed by atoms with E-state index in [1.165, 1.54) is 6.07 Å². The summed E-state index contributed by atoms with van der Waals surface area (Å²) in [5, 5.41) is 2.77. The monoisotopic (exact) mass is 469 g/mol. The first-order valence-corrected chi connectivity index (χ1v) is 10.8. The molecule has 8 heteroatoms. The van der Waals surface area contributed by atoms with E-state index in [4.69, 9.17) is 10.5 Å². The van der Waals surface area contributed by atoms with E-state index in [9.17, 15) is 14.0 Å². The number of primary amides is 1. The van der Waals surface area contributed by atoms with Crippen LogP contribution in [-0.4, -0.2) is 47.2 Å². The minimum atomic E-state index is -0.976. The predicted octanol–water partition coefficient (Wildman–Crippen LogP) is 2.73. The first-order valence-electron chi connectivity index (χ1n) is 9.98. The summed E-state index contributed by atoms with van der Waals surface area (Å²) in [6, 6.07) is 3.48. The van der Waals surface area contributed by atoms with E-state index in [2.05, 4.69) is 26.1 Å². The maximum absolute atomic E-state index is 14.1. The first kappa shape index (κ1) is 22.2. The van der Waals surface area contributed by atoms with Crippen LogP contribution < -0.4 is 11.1 Å². The highest BCUT2D eigenvalue weighted by molar-refractivity contribution is 9.10. The van der Waals surface area contributed by atoms with Crippen molar-refractivity contribution < 1.29 is 18.7 Å². The Kier molecular flexibility index (Phi) is 6.65. The molecule has 0 aromatic heterocycles. The third-order valence-electron chi connectivity index (χ3n) is 5.73. The van der Waals surface area contributed by atoms with Crippen LogP contribution in [0, 0.1) is 11.7 Å². The molecule has 2 aliphatic rings. The quantitative estimate of drug-likeness (QED) is 0.642. The molecule has 4 atom stereocenters. The predicted molar refractivity (Wildman–Crippen MR) is 111 cm³/mol. The minimum absolute atomic E-state index is 0.00561. The van der Waals surface area contributed by atoms with Crippen molar-refractivity contribution in [3.63, 3.8) is 0 Å². The second-order valence-corrected chi connectivity index (χ2v) is 9.89. The molecule has 6 nitrogen and oxygen atoms in total. The van der Waals surface area contributed by atoms with Crippen LogP contribution in [0.5, 0.6) is 0 Å². The highest BCUT2D eigenvalue weighted by Crippen LogP contribution is 2.42. The third-order valence-corrected chi connectivity index (χ3v) is 6.22. The number of likely N-dealkylation sites (tertiary alicyclic amines) is 1. The highest BCUT2D eigenvalue weighted by atomic mass is 79.9. The Hall–Kier alpha value is -1.51. The Morgan fingerprint density at radius 2 is 2.10 bits per heavy atom. The maximum atomic E-state index is 14.1. The third kappa shape index (κ3) is 5.35. The molecule has 3 N–H and O–H groups in total. The number of halogens is 2. The van der Waals surface area contributed by atoms with Gasteiger partial charge in [0.25, 0.3) is 0 Å². The second kappa shape index (κ2) is 8.70. The second-order valence-electron chi connectivity index (χ2n) is 8.98. The number of carbonyl (C=O) groups excluding carboxylic acids is 2. The Morgan fingerprint density at radius 1 is 1.38 bits per heavy atom. The topological polar surface area (TPSA) is 84.7 Å². The minimum Gasteiger partial charge on any atom is -0.368 e. The van der Waals surface area contributed by atoms with Crippen LogP contribution in [0.4, 0.5) is 4.39 Å². The summed E-state index contributed by atoms with van der Waals surface area (Å²) >= 11 is 3.30. The zero-order valence-electron chi connectivity index (χ0n) is 17.1. The fourth-order valence-corrected chi connectivity index (χ4v) is 4.70. The maximum Gasteiger partial charge on any atom is 0.240 e. The molecular formula is C21H29BrFN3O3. The van der Waals surface area contributed by atoms with E-state index < -0.39 is 17.8 Å². The molecule has 1 aliphatic heterocycles. The molecule has 1 saturated carbocycles. The Morgan fingerprint density at radius 3 is 2.76 bits per heavy atom. The summed E-state index contributed by atoms with van der Waals surface area (Å²) < 4.78 is 20.7. The number of nitrogens with zero attached hydrogens (tertiary/aromatic N) is 1. The molecule has 2 fully saturated rings. The molecule has 1 aromatic carbocycles. The first-order chi connectivity index (χ1) is 13.5. The largest absolute Gasteiger partial charge is 0.368 e. The van der Waals surface area contributed by atoms with E-state index in [1.807, 2.05) is 20.8 Å². The summed E-state index contributed by atoms with van der Waals surface area (Å²) in [6.45, 7) is 6.30. The Labute approximate surface area is 179 Å². The van der Waals surface area contributed by atoms with E-state index >= 15 is 0 Å². The lowest BCUT2D eigenvalue weighted by molar-refractivity contribution is -0.138. The van der Waals surface area contributed by atoms with Crippen molar-refractivity contribution in [1.82, 2.24) is 10.2 Å². The lowest BCUT2D eigenvalue weighted by Gasteiger charge is -2.36. The number of nitrogens with one attached hydrogen (secondary N) is 1. The van der Waals surface area contributed by atoms with Crippen molar-refractivity contribution in [2.45, 2.75) is 70.2 Å². The number of ether oxygens (including phenoxy) is 1. The number of hydrogen-bond acceptors (Lipinski definition) is 4. The fraction of sp³-hybridized carbons (Fsp3) is 0.619. The molecule has 1 heterocycles. The van der Waals surface area contributed by atoms with Crippen LogP contribution in [0.25, 0.3) is 0 Å². The molecule has 1 aromatic rings. The molecule has 2 amide bonds. The summed E-state index contributed by atoms with van der Waals surface area (Å²) in [4.78, 5) is 27.2. The molecule has 3 rings (SSSR count). The molecule has 0 radical (unpaired) electrons. The van der Waals surface area contributed by atoms with E-state index in [1.54, 1.807) is 12.1 Å². The number of piperidine rings is 1. The van der Waals surface area contributed by atoms with E-state index in [-0.39, 0.29) is 29.9 Å². The van der Waals surface area contributed by atoms with Crippen LogP contribution >= 0.6 is 15.9 Å². The highest BCUT2D eigenvalue weighted by Gasteiger charge is 2.49. The number of nitrogens with two attached hydrogens (primary N) is 1. The Bertz CT molecular complexity index is 783.